The first kappa shape index (κ1) is 16.0. The molecule has 0 unspecified atom stereocenters. The Morgan fingerprint density at radius 3 is 2.38 bits per heavy atom. The summed E-state index contributed by atoms with van der Waals surface area (Å²) in [4.78, 5) is 12.0. The molecule has 1 fully saturated rings. The molecular weight excluding hydrogens is 288 g/mol. The molecule has 0 aromatic heterocycles. The highest BCUT2D eigenvalue weighted by molar-refractivity contribution is 7.89. The van der Waals surface area contributed by atoms with Crippen LogP contribution in [0.25, 0.3) is 0 Å². The molecule has 116 valence electrons. The molecule has 21 heavy (non-hydrogen) atoms. The van der Waals surface area contributed by atoms with E-state index in [-0.39, 0.29) is 10.8 Å². The van der Waals surface area contributed by atoms with Gasteiger partial charge in [-0.05, 0) is 49.4 Å². The van der Waals surface area contributed by atoms with Gasteiger partial charge in [0.1, 0.15) is 0 Å². The van der Waals surface area contributed by atoms with Crippen LogP contribution in [0.3, 0.4) is 0 Å². The summed E-state index contributed by atoms with van der Waals surface area (Å²) in [6, 6.07) is 6.33. The minimum absolute atomic E-state index is 0.144. The highest BCUT2D eigenvalue weighted by Crippen LogP contribution is 2.19. The lowest BCUT2D eigenvalue weighted by molar-refractivity contribution is 0.0951. The van der Waals surface area contributed by atoms with Gasteiger partial charge in [0.25, 0.3) is 5.91 Å². The van der Waals surface area contributed by atoms with Gasteiger partial charge in [0, 0.05) is 18.2 Å². The molecular formula is C15H22N2O3S. The van der Waals surface area contributed by atoms with Crippen LogP contribution in [0.15, 0.2) is 29.2 Å². The van der Waals surface area contributed by atoms with E-state index in [0.717, 1.165) is 19.3 Å². The average Bonchev–Trinajstić information content (AvgIpc) is 3.22. The number of amides is 1. The summed E-state index contributed by atoms with van der Waals surface area (Å²) in [7, 11) is -3.49. The van der Waals surface area contributed by atoms with Crippen molar-refractivity contribution in [3.8, 4) is 0 Å². The zero-order valence-corrected chi connectivity index (χ0v) is 13.2. The van der Waals surface area contributed by atoms with E-state index >= 15 is 0 Å². The van der Waals surface area contributed by atoms with E-state index in [1.807, 2.05) is 13.8 Å². The Balaban J connectivity index is 1.98. The van der Waals surface area contributed by atoms with Gasteiger partial charge in [0.2, 0.25) is 10.0 Å². The lowest BCUT2D eigenvalue weighted by Gasteiger charge is -2.09. The molecule has 0 atom stereocenters. The van der Waals surface area contributed by atoms with Crippen molar-refractivity contribution >= 4 is 15.9 Å². The molecule has 0 saturated heterocycles. The topological polar surface area (TPSA) is 75.3 Å². The van der Waals surface area contributed by atoms with Crippen LogP contribution in [0.2, 0.25) is 0 Å². The first-order valence-corrected chi connectivity index (χ1v) is 8.77. The molecule has 1 aliphatic carbocycles. The van der Waals surface area contributed by atoms with Crippen molar-refractivity contribution in [3.05, 3.63) is 29.8 Å². The van der Waals surface area contributed by atoms with Crippen molar-refractivity contribution in [1.82, 2.24) is 10.0 Å². The molecule has 1 aliphatic rings. The molecule has 0 heterocycles. The third-order valence-electron chi connectivity index (χ3n) is 3.35. The minimum atomic E-state index is -3.49. The van der Waals surface area contributed by atoms with Crippen molar-refractivity contribution < 1.29 is 13.2 Å². The number of nitrogens with one attached hydrogen (secondary N) is 2. The maximum absolute atomic E-state index is 12.1. The molecule has 1 aromatic rings. The molecule has 1 amide bonds. The van der Waals surface area contributed by atoms with Crippen molar-refractivity contribution in [2.75, 3.05) is 6.54 Å². The van der Waals surface area contributed by atoms with Crippen LogP contribution in [0.1, 0.15) is 43.5 Å². The molecule has 0 spiro atoms. The molecule has 1 saturated carbocycles. The molecule has 2 N–H and O–H groups in total. The molecule has 6 heteroatoms. The summed E-state index contributed by atoms with van der Waals surface area (Å²) < 4.78 is 26.7. The van der Waals surface area contributed by atoms with Crippen LogP contribution in [0, 0.1) is 5.92 Å². The summed E-state index contributed by atoms with van der Waals surface area (Å²) in [5, 5.41) is 2.87. The second-order valence-corrected chi connectivity index (χ2v) is 7.62. The first-order chi connectivity index (χ1) is 9.88. The maximum Gasteiger partial charge on any atom is 0.251 e. The number of hydrogen-bond acceptors (Lipinski definition) is 3. The van der Waals surface area contributed by atoms with E-state index in [9.17, 15) is 13.2 Å². The lowest BCUT2D eigenvalue weighted by Crippen LogP contribution is -2.27. The van der Waals surface area contributed by atoms with Crippen LogP contribution in [-0.2, 0) is 10.0 Å². The van der Waals surface area contributed by atoms with Gasteiger partial charge in [-0.3, -0.25) is 4.79 Å². The predicted octanol–water partition coefficient (Wildman–Crippen LogP) is 1.90. The van der Waals surface area contributed by atoms with Crippen molar-refractivity contribution in [1.29, 1.82) is 0 Å². The Bertz CT molecular complexity index is 590. The molecule has 2 rings (SSSR count). The Hall–Kier alpha value is -1.40. The van der Waals surface area contributed by atoms with Gasteiger partial charge in [-0.15, -0.1) is 0 Å². The molecule has 0 aliphatic heterocycles. The van der Waals surface area contributed by atoms with Crippen molar-refractivity contribution in [3.63, 3.8) is 0 Å². The number of rotatable bonds is 7. The van der Waals surface area contributed by atoms with Crippen LogP contribution in [0.5, 0.6) is 0 Å². The van der Waals surface area contributed by atoms with E-state index < -0.39 is 10.0 Å². The highest BCUT2D eigenvalue weighted by Gasteiger charge is 2.24. The zero-order chi connectivity index (χ0) is 15.5. The third kappa shape index (κ3) is 4.82. The Kier molecular flexibility index (Phi) is 5.00. The standard InChI is InChI=1S/C15H22N2O3S/c1-11(2)9-10-16-21(19,20)14-7-3-12(4-8-14)15(18)17-13-5-6-13/h3-4,7-8,11,13,16H,5-6,9-10H2,1-2H3,(H,17,18). The monoisotopic (exact) mass is 310 g/mol. The minimum Gasteiger partial charge on any atom is -0.349 e. The smallest absolute Gasteiger partial charge is 0.251 e. The summed E-state index contributed by atoms with van der Waals surface area (Å²) >= 11 is 0. The summed E-state index contributed by atoms with van der Waals surface area (Å²) in [6.07, 6.45) is 2.84. The van der Waals surface area contributed by atoms with Crippen molar-refractivity contribution in [2.45, 2.75) is 44.0 Å². The van der Waals surface area contributed by atoms with E-state index in [0.29, 0.717) is 24.1 Å². The van der Waals surface area contributed by atoms with Crippen LogP contribution >= 0.6 is 0 Å². The normalized spacial score (nSPS) is 15.2. The number of benzene rings is 1. The van der Waals surface area contributed by atoms with Gasteiger partial charge in [0.05, 0.1) is 4.90 Å². The van der Waals surface area contributed by atoms with Crippen molar-refractivity contribution in [2.24, 2.45) is 5.92 Å². The SMILES string of the molecule is CC(C)CCNS(=O)(=O)c1ccc(C(=O)NC2CC2)cc1. The van der Waals surface area contributed by atoms with Gasteiger partial charge >= 0.3 is 0 Å². The summed E-state index contributed by atoms with van der Waals surface area (Å²) in [6.45, 7) is 4.51. The molecule has 5 nitrogen and oxygen atoms in total. The van der Waals surface area contributed by atoms with Crippen LogP contribution in [-0.4, -0.2) is 26.9 Å². The molecule has 0 radical (unpaired) electrons. The third-order valence-corrected chi connectivity index (χ3v) is 4.83. The first-order valence-electron chi connectivity index (χ1n) is 7.29. The lowest BCUT2D eigenvalue weighted by atomic mass is 10.1. The van der Waals surface area contributed by atoms with E-state index in [1.165, 1.54) is 12.1 Å². The van der Waals surface area contributed by atoms with Gasteiger partial charge in [-0.25, -0.2) is 13.1 Å². The largest absolute Gasteiger partial charge is 0.349 e. The van der Waals surface area contributed by atoms with Crippen LogP contribution < -0.4 is 10.0 Å². The Morgan fingerprint density at radius 2 is 1.86 bits per heavy atom. The maximum atomic E-state index is 12.1. The van der Waals surface area contributed by atoms with E-state index in [4.69, 9.17) is 0 Å². The van der Waals surface area contributed by atoms with Crippen LogP contribution in [0.4, 0.5) is 0 Å². The number of hydrogen-bond donors (Lipinski definition) is 2. The van der Waals surface area contributed by atoms with Gasteiger partial charge in [-0.2, -0.15) is 0 Å². The van der Waals surface area contributed by atoms with Gasteiger partial charge in [0.15, 0.2) is 0 Å². The fourth-order valence-corrected chi connectivity index (χ4v) is 2.89. The molecule has 1 aromatic carbocycles. The summed E-state index contributed by atoms with van der Waals surface area (Å²) in [5.41, 5.74) is 0.489. The van der Waals surface area contributed by atoms with Gasteiger partial charge in [-0.1, -0.05) is 13.8 Å². The number of carbonyl (C=O) groups is 1. The van der Waals surface area contributed by atoms with Gasteiger partial charge < -0.3 is 5.32 Å². The Morgan fingerprint density at radius 1 is 1.24 bits per heavy atom. The number of sulfonamides is 1. The second-order valence-electron chi connectivity index (χ2n) is 5.85. The fraction of sp³-hybridized carbons (Fsp3) is 0.533. The highest BCUT2D eigenvalue weighted by atomic mass is 32.2. The second kappa shape index (κ2) is 6.58. The molecule has 0 bridgehead atoms. The Labute approximate surface area is 126 Å². The average molecular weight is 310 g/mol. The van der Waals surface area contributed by atoms with E-state index in [2.05, 4.69) is 10.0 Å². The quantitative estimate of drug-likeness (QED) is 0.807. The number of carbonyl (C=O) groups excluding carboxylic acids is 1. The summed E-state index contributed by atoms with van der Waals surface area (Å²) in [5.74, 6) is 0.301. The predicted molar refractivity (Wildman–Crippen MR) is 81.6 cm³/mol. The fourth-order valence-electron chi connectivity index (χ4n) is 1.85. The van der Waals surface area contributed by atoms with E-state index in [1.54, 1.807) is 12.1 Å². The zero-order valence-electron chi connectivity index (χ0n) is 12.4.